The zero-order valence-corrected chi connectivity index (χ0v) is 15.2. The summed E-state index contributed by atoms with van der Waals surface area (Å²) >= 11 is 0. The van der Waals surface area contributed by atoms with Crippen molar-refractivity contribution in [2.75, 3.05) is 6.54 Å². The molecule has 2 amide bonds. The number of carbonyl (C=O) groups is 3. The molecule has 1 saturated heterocycles. The number of likely N-dealkylation sites (tertiary alicyclic amines) is 1. The van der Waals surface area contributed by atoms with Gasteiger partial charge in [0.05, 0.1) is 11.8 Å². The molecule has 0 aromatic heterocycles. The third-order valence-corrected chi connectivity index (χ3v) is 6.99. The number of rotatable bonds is 3. The van der Waals surface area contributed by atoms with Crippen LogP contribution in [0.1, 0.15) is 6.42 Å². The quantitative estimate of drug-likeness (QED) is 0.359. The Kier molecular flexibility index (Phi) is 3.17. The number of benzene rings is 2. The SMILES string of the molecule is O=C(CN1C(=O)C2C3C=CC(C4CC34)C2C1=O)Oc1ccc2ccccc2c1. The molecule has 6 atom stereocenters. The lowest BCUT2D eigenvalue weighted by Crippen LogP contribution is -2.40. The van der Waals surface area contributed by atoms with E-state index in [9.17, 15) is 14.4 Å². The Morgan fingerprint density at radius 2 is 1.57 bits per heavy atom. The van der Waals surface area contributed by atoms with Crippen LogP contribution in [0.5, 0.6) is 5.75 Å². The minimum atomic E-state index is -0.582. The Bertz CT molecular complexity index is 1040. The van der Waals surface area contributed by atoms with E-state index in [1.807, 2.05) is 30.3 Å². The van der Waals surface area contributed by atoms with Gasteiger partial charge in [0.25, 0.3) is 0 Å². The Hall–Kier alpha value is -2.95. The first-order chi connectivity index (χ1) is 13.6. The summed E-state index contributed by atoms with van der Waals surface area (Å²) < 4.78 is 5.43. The van der Waals surface area contributed by atoms with Gasteiger partial charge in [-0.1, -0.05) is 42.5 Å². The smallest absolute Gasteiger partial charge is 0.331 e. The number of allylic oxidation sites excluding steroid dienone is 2. The van der Waals surface area contributed by atoms with Crippen molar-refractivity contribution in [3.8, 4) is 5.75 Å². The first kappa shape index (κ1) is 16.0. The van der Waals surface area contributed by atoms with Crippen molar-refractivity contribution < 1.29 is 19.1 Å². The molecule has 2 bridgehead atoms. The van der Waals surface area contributed by atoms with Crippen molar-refractivity contribution in [2.24, 2.45) is 35.5 Å². The van der Waals surface area contributed by atoms with Crippen LogP contribution in [0, 0.1) is 35.5 Å². The Morgan fingerprint density at radius 1 is 0.929 bits per heavy atom. The zero-order valence-electron chi connectivity index (χ0n) is 15.2. The van der Waals surface area contributed by atoms with Gasteiger partial charge in [-0.3, -0.25) is 14.5 Å². The van der Waals surface area contributed by atoms with Crippen molar-refractivity contribution in [3.05, 3.63) is 54.6 Å². The van der Waals surface area contributed by atoms with Crippen LogP contribution >= 0.6 is 0 Å². The van der Waals surface area contributed by atoms with E-state index < -0.39 is 5.97 Å². The van der Waals surface area contributed by atoms with Gasteiger partial charge >= 0.3 is 5.97 Å². The predicted octanol–water partition coefficient (Wildman–Crippen LogP) is 2.80. The van der Waals surface area contributed by atoms with E-state index in [2.05, 4.69) is 12.2 Å². The molecule has 4 aliphatic carbocycles. The average Bonchev–Trinajstić information content (AvgIpc) is 3.49. The Morgan fingerprint density at radius 3 is 2.25 bits per heavy atom. The Labute approximate surface area is 162 Å². The van der Waals surface area contributed by atoms with Crippen molar-refractivity contribution in [2.45, 2.75) is 6.42 Å². The molecule has 5 heteroatoms. The zero-order chi connectivity index (χ0) is 19.0. The summed E-state index contributed by atoms with van der Waals surface area (Å²) in [4.78, 5) is 39.5. The van der Waals surface area contributed by atoms with Gasteiger partial charge in [0.2, 0.25) is 11.8 Å². The van der Waals surface area contributed by atoms with Crippen molar-refractivity contribution in [1.29, 1.82) is 0 Å². The van der Waals surface area contributed by atoms with E-state index in [4.69, 9.17) is 4.74 Å². The highest BCUT2D eigenvalue weighted by Gasteiger charge is 2.67. The molecule has 2 aromatic rings. The maximum absolute atomic E-state index is 12.9. The lowest BCUT2D eigenvalue weighted by Gasteiger charge is -2.37. The van der Waals surface area contributed by atoms with Gasteiger partial charge in [0.1, 0.15) is 12.3 Å². The normalized spacial score (nSPS) is 34.5. The number of esters is 1. The fourth-order valence-electron chi connectivity index (χ4n) is 5.70. The van der Waals surface area contributed by atoms with Crippen LogP contribution in [0.25, 0.3) is 10.8 Å². The maximum Gasteiger partial charge on any atom is 0.331 e. The molecule has 5 aliphatic rings. The molecule has 6 unspecified atom stereocenters. The van der Waals surface area contributed by atoms with E-state index in [-0.39, 0.29) is 42.0 Å². The summed E-state index contributed by atoms with van der Waals surface area (Å²) in [5, 5.41) is 2.02. The second kappa shape index (κ2) is 5.53. The second-order valence-corrected chi connectivity index (χ2v) is 8.40. The van der Waals surface area contributed by atoms with E-state index in [0.717, 1.165) is 22.1 Å². The fraction of sp³-hybridized carbons (Fsp3) is 0.348. The van der Waals surface area contributed by atoms with Gasteiger partial charge in [0.15, 0.2) is 0 Å². The molecular formula is C23H19NO4. The second-order valence-electron chi connectivity index (χ2n) is 8.40. The third kappa shape index (κ3) is 2.16. The van der Waals surface area contributed by atoms with Crippen molar-refractivity contribution >= 4 is 28.6 Å². The number of carbonyl (C=O) groups excluding carboxylic acids is 3. The molecule has 0 N–H and O–H groups in total. The highest BCUT2D eigenvalue weighted by atomic mass is 16.5. The average molecular weight is 373 g/mol. The molecule has 28 heavy (non-hydrogen) atoms. The standard InChI is InChI=1S/C23H19NO4/c25-19(28-14-6-5-12-3-1-2-4-13(12)9-14)11-24-22(26)20-15-7-8-16(18-10-17(15)18)21(20)23(24)27/h1-9,15-18,20-21H,10-11H2. The van der Waals surface area contributed by atoms with Gasteiger partial charge in [0, 0.05) is 0 Å². The van der Waals surface area contributed by atoms with E-state index in [0.29, 0.717) is 17.6 Å². The molecule has 7 rings (SSSR count). The van der Waals surface area contributed by atoms with Gasteiger partial charge in [-0.05, 0) is 53.0 Å². The molecule has 2 saturated carbocycles. The van der Waals surface area contributed by atoms with Crippen molar-refractivity contribution in [1.82, 2.24) is 4.90 Å². The number of fused-ring (bicyclic) bond motifs is 1. The molecule has 1 aliphatic heterocycles. The number of ether oxygens (including phenoxy) is 1. The number of nitrogens with zero attached hydrogens (tertiary/aromatic N) is 1. The van der Waals surface area contributed by atoms with Gasteiger partial charge in [-0.25, -0.2) is 4.79 Å². The summed E-state index contributed by atoms with van der Waals surface area (Å²) in [6.45, 7) is -0.313. The molecule has 0 radical (unpaired) electrons. The van der Waals surface area contributed by atoms with Gasteiger partial charge < -0.3 is 4.74 Å². The third-order valence-electron chi connectivity index (χ3n) is 6.99. The summed E-state index contributed by atoms with van der Waals surface area (Å²) in [7, 11) is 0. The monoisotopic (exact) mass is 373 g/mol. The summed E-state index contributed by atoms with van der Waals surface area (Å²) in [6.07, 6.45) is 5.38. The molecule has 140 valence electrons. The number of hydrogen-bond donors (Lipinski definition) is 0. The molecule has 0 spiro atoms. The Balaban J connectivity index is 1.20. The highest BCUT2D eigenvalue weighted by Crippen LogP contribution is 2.65. The molecule has 3 fully saturated rings. The van der Waals surface area contributed by atoms with Crippen LogP contribution in [-0.2, 0) is 14.4 Å². The van der Waals surface area contributed by atoms with Crippen molar-refractivity contribution in [3.63, 3.8) is 0 Å². The fourth-order valence-corrected chi connectivity index (χ4v) is 5.70. The minimum absolute atomic E-state index is 0.165. The number of imide groups is 1. The molecular weight excluding hydrogens is 354 g/mol. The highest BCUT2D eigenvalue weighted by molar-refractivity contribution is 6.08. The topological polar surface area (TPSA) is 63.7 Å². The lowest BCUT2D eigenvalue weighted by molar-refractivity contribution is -0.148. The molecule has 5 nitrogen and oxygen atoms in total. The minimum Gasteiger partial charge on any atom is -0.425 e. The predicted molar refractivity (Wildman–Crippen MR) is 101 cm³/mol. The summed E-state index contributed by atoms with van der Waals surface area (Å²) in [6, 6.07) is 13.2. The summed E-state index contributed by atoms with van der Waals surface area (Å²) in [5.74, 6) is 0.319. The van der Waals surface area contributed by atoms with E-state index in [1.54, 1.807) is 12.1 Å². The molecule has 2 aromatic carbocycles. The number of amides is 2. The van der Waals surface area contributed by atoms with Crippen LogP contribution in [0.3, 0.4) is 0 Å². The van der Waals surface area contributed by atoms with Crippen LogP contribution in [0.4, 0.5) is 0 Å². The van der Waals surface area contributed by atoms with Crippen LogP contribution in [-0.4, -0.2) is 29.2 Å². The maximum atomic E-state index is 12.9. The van der Waals surface area contributed by atoms with Gasteiger partial charge in [-0.2, -0.15) is 0 Å². The van der Waals surface area contributed by atoms with Gasteiger partial charge in [-0.15, -0.1) is 0 Å². The summed E-state index contributed by atoms with van der Waals surface area (Å²) in [5.41, 5.74) is 0. The molecule has 1 heterocycles. The van der Waals surface area contributed by atoms with Crippen LogP contribution in [0.2, 0.25) is 0 Å². The van der Waals surface area contributed by atoms with Crippen LogP contribution in [0.15, 0.2) is 54.6 Å². The van der Waals surface area contributed by atoms with E-state index in [1.165, 1.54) is 0 Å². The number of hydrogen-bond acceptors (Lipinski definition) is 4. The van der Waals surface area contributed by atoms with Crippen LogP contribution < -0.4 is 4.74 Å². The first-order valence-corrected chi connectivity index (χ1v) is 9.85. The lowest BCUT2D eigenvalue weighted by atomic mass is 9.63. The first-order valence-electron chi connectivity index (χ1n) is 9.85. The largest absolute Gasteiger partial charge is 0.425 e. The van der Waals surface area contributed by atoms with E-state index >= 15 is 0 Å².